The summed E-state index contributed by atoms with van der Waals surface area (Å²) in [5.41, 5.74) is 2.91. The second-order valence-electron chi connectivity index (χ2n) is 4.51. The van der Waals surface area contributed by atoms with Crippen LogP contribution in [0.25, 0.3) is 23.0 Å². The van der Waals surface area contributed by atoms with E-state index in [1.165, 1.54) is 0 Å². The molecule has 6 nitrogen and oxygen atoms in total. The lowest BCUT2D eigenvalue weighted by Crippen LogP contribution is -1.88. The lowest BCUT2D eigenvalue weighted by atomic mass is 10.1. The van der Waals surface area contributed by atoms with E-state index < -0.39 is 0 Å². The molecule has 0 saturated heterocycles. The van der Waals surface area contributed by atoms with Gasteiger partial charge in [0.1, 0.15) is 23.2 Å². The van der Waals surface area contributed by atoms with Crippen LogP contribution in [0.2, 0.25) is 0 Å². The maximum atomic E-state index is 8.80. The van der Waals surface area contributed by atoms with Crippen molar-refractivity contribution in [2.75, 3.05) is 7.11 Å². The minimum atomic E-state index is 0.347. The van der Waals surface area contributed by atoms with Gasteiger partial charge in [0.15, 0.2) is 0 Å². The first-order valence-corrected chi connectivity index (χ1v) is 6.29. The molecule has 104 valence electrons. The maximum Gasteiger partial charge on any atom is 0.274 e. The number of rotatable bonds is 3. The summed E-state index contributed by atoms with van der Waals surface area (Å²) < 4.78 is 10.5. The summed E-state index contributed by atoms with van der Waals surface area (Å²) in [6, 6.07) is 11.1. The molecule has 6 heteroatoms. The number of hydrogen-bond acceptors (Lipinski definition) is 5. The molecule has 3 aromatic rings. The molecule has 0 unspecified atom stereocenters. The second-order valence-corrected chi connectivity index (χ2v) is 4.51. The van der Waals surface area contributed by atoms with Crippen molar-refractivity contribution in [2.45, 2.75) is 6.92 Å². The second kappa shape index (κ2) is 5.13. The fraction of sp³-hybridized carbons (Fsp3) is 0.133. The molecule has 2 heterocycles. The molecule has 0 aliphatic heterocycles. The van der Waals surface area contributed by atoms with Crippen LogP contribution < -0.4 is 4.74 Å². The normalized spacial score (nSPS) is 10.3. The summed E-state index contributed by atoms with van der Waals surface area (Å²) >= 11 is 0. The van der Waals surface area contributed by atoms with Crippen LogP contribution in [0, 0.1) is 18.3 Å². The Balaban J connectivity index is 1.94. The van der Waals surface area contributed by atoms with Crippen LogP contribution in [0.4, 0.5) is 0 Å². The van der Waals surface area contributed by atoms with E-state index in [2.05, 4.69) is 15.1 Å². The number of H-pyrrole nitrogens is 1. The molecule has 0 aliphatic rings. The summed E-state index contributed by atoms with van der Waals surface area (Å²) in [6.45, 7) is 1.95. The van der Waals surface area contributed by atoms with Gasteiger partial charge < -0.3 is 14.2 Å². The Morgan fingerprint density at radius 1 is 1.29 bits per heavy atom. The molecule has 0 radical (unpaired) electrons. The van der Waals surface area contributed by atoms with E-state index in [1.807, 2.05) is 31.2 Å². The van der Waals surface area contributed by atoms with Crippen LogP contribution in [0.3, 0.4) is 0 Å². The van der Waals surface area contributed by atoms with Gasteiger partial charge in [0.05, 0.1) is 7.11 Å². The van der Waals surface area contributed by atoms with Crippen molar-refractivity contribution >= 4 is 0 Å². The number of aryl methyl sites for hydroxylation is 1. The Morgan fingerprint density at radius 2 is 2.14 bits per heavy atom. The van der Waals surface area contributed by atoms with Crippen LogP contribution in [0.5, 0.6) is 5.75 Å². The Morgan fingerprint density at radius 3 is 2.81 bits per heavy atom. The lowest BCUT2D eigenvalue weighted by Gasteiger charge is -2.04. The summed E-state index contributed by atoms with van der Waals surface area (Å²) in [4.78, 5) is 7.23. The Labute approximate surface area is 121 Å². The van der Waals surface area contributed by atoms with Gasteiger partial charge >= 0.3 is 0 Å². The minimum absolute atomic E-state index is 0.347. The van der Waals surface area contributed by atoms with E-state index in [0.29, 0.717) is 23.1 Å². The van der Waals surface area contributed by atoms with Crippen molar-refractivity contribution in [1.29, 1.82) is 5.26 Å². The molecule has 0 spiro atoms. The molecule has 0 fully saturated rings. The first kappa shape index (κ1) is 12.9. The number of nitrogens with one attached hydrogen (secondary N) is 1. The number of nitrogens with zero attached hydrogens (tertiary/aromatic N) is 3. The third kappa shape index (κ3) is 2.37. The predicted molar refractivity (Wildman–Crippen MR) is 75.5 cm³/mol. The van der Waals surface area contributed by atoms with Crippen LogP contribution in [0.1, 0.15) is 11.3 Å². The molecular formula is C15H12N4O2. The van der Waals surface area contributed by atoms with E-state index in [-0.39, 0.29) is 0 Å². The highest BCUT2D eigenvalue weighted by Crippen LogP contribution is 2.26. The van der Waals surface area contributed by atoms with Gasteiger partial charge in [-0.1, -0.05) is 5.16 Å². The van der Waals surface area contributed by atoms with Crippen LogP contribution in [-0.4, -0.2) is 22.2 Å². The van der Waals surface area contributed by atoms with Crippen molar-refractivity contribution in [3.8, 4) is 34.8 Å². The average molecular weight is 280 g/mol. The first-order valence-electron chi connectivity index (χ1n) is 6.29. The number of benzene rings is 1. The van der Waals surface area contributed by atoms with E-state index >= 15 is 0 Å². The largest absolute Gasteiger partial charge is 0.496 e. The number of methoxy groups -OCH3 is 1. The fourth-order valence-corrected chi connectivity index (χ4v) is 2.05. The average Bonchev–Trinajstić information content (AvgIpc) is 3.15. The minimum Gasteiger partial charge on any atom is -0.496 e. The van der Waals surface area contributed by atoms with Gasteiger partial charge in [0, 0.05) is 5.56 Å². The van der Waals surface area contributed by atoms with E-state index in [4.69, 9.17) is 14.5 Å². The third-order valence-electron chi connectivity index (χ3n) is 3.12. The van der Waals surface area contributed by atoms with Crippen LogP contribution in [0.15, 0.2) is 34.9 Å². The summed E-state index contributed by atoms with van der Waals surface area (Å²) in [7, 11) is 1.63. The topological polar surface area (TPSA) is 87.7 Å². The van der Waals surface area contributed by atoms with E-state index in [9.17, 15) is 0 Å². The standard InChI is InChI=1S/C15H12N4O2/c1-9-7-10(3-6-13(9)20-2)14-18-15(21-19-14)12-5-4-11(8-16)17-12/h3-7,17H,1-2H3. The molecule has 21 heavy (non-hydrogen) atoms. The number of hydrogen-bond donors (Lipinski definition) is 1. The maximum absolute atomic E-state index is 8.80. The molecule has 0 saturated carbocycles. The predicted octanol–water partition coefficient (Wildman–Crippen LogP) is 2.92. The molecule has 0 atom stereocenters. The first-order chi connectivity index (χ1) is 10.2. The number of aromatic nitrogens is 3. The smallest absolute Gasteiger partial charge is 0.274 e. The van der Waals surface area contributed by atoms with Gasteiger partial charge in [-0.25, -0.2) is 0 Å². The highest BCUT2D eigenvalue weighted by molar-refractivity contribution is 5.61. The third-order valence-corrected chi connectivity index (χ3v) is 3.12. The van der Waals surface area contributed by atoms with Crippen molar-refractivity contribution in [3.05, 3.63) is 41.6 Å². The molecule has 1 aromatic carbocycles. The quantitative estimate of drug-likeness (QED) is 0.796. The summed E-state index contributed by atoms with van der Waals surface area (Å²) in [6.07, 6.45) is 0. The van der Waals surface area contributed by atoms with Crippen molar-refractivity contribution < 1.29 is 9.26 Å². The molecule has 0 aliphatic carbocycles. The van der Waals surface area contributed by atoms with Crippen molar-refractivity contribution in [3.63, 3.8) is 0 Å². The van der Waals surface area contributed by atoms with Gasteiger partial charge in [0.25, 0.3) is 5.89 Å². The molecule has 2 aromatic heterocycles. The highest BCUT2D eigenvalue weighted by atomic mass is 16.5. The van der Waals surface area contributed by atoms with Gasteiger partial charge in [0.2, 0.25) is 5.82 Å². The number of aromatic amines is 1. The van der Waals surface area contributed by atoms with E-state index in [0.717, 1.165) is 16.9 Å². The Hall–Kier alpha value is -3.07. The zero-order valence-electron chi connectivity index (χ0n) is 11.5. The molecule has 3 rings (SSSR count). The fourth-order valence-electron chi connectivity index (χ4n) is 2.05. The Bertz CT molecular complexity index is 826. The van der Waals surface area contributed by atoms with Gasteiger partial charge in [-0.15, -0.1) is 0 Å². The monoisotopic (exact) mass is 280 g/mol. The van der Waals surface area contributed by atoms with Gasteiger partial charge in [-0.05, 0) is 42.8 Å². The molecule has 0 bridgehead atoms. The Kier molecular flexibility index (Phi) is 3.16. The number of nitriles is 1. The SMILES string of the molecule is COc1ccc(-c2noc(-c3ccc(C#N)[nH]3)n2)cc1C. The van der Waals surface area contributed by atoms with Crippen LogP contribution in [-0.2, 0) is 0 Å². The zero-order chi connectivity index (χ0) is 14.8. The zero-order valence-corrected chi connectivity index (χ0v) is 11.5. The van der Waals surface area contributed by atoms with Crippen LogP contribution >= 0.6 is 0 Å². The van der Waals surface area contributed by atoms with Gasteiger partial charge in [-0.3, -0.25) is 0 Å². The van der Waals surface area contributed by atoms with Crippen molar-refractivity contribution in [1.82, 2.24) is 15.1 Å². The molecule has 1 N–H and O–H groups in total. The molecule has 0 amide bonds. The van der Waals surface area contributed by atoms with Gasteiger partial charge in [-0.2, -0.15) is 10.2 Å². The highest BCUT2D eigenvalue weighted by Gasteiger charge is 2.13. The summed E-state index contributed by atoms with van der Waals surface area (Å²) in [5.74, 6) is 1.65. The summed E-state index contributed by atoms with van der Waals surface area (Å²) in [5, 5.41) is 12.8. The lowest BCUT2D eigenvalue weighted by molar-refractivity contribution is 0.411. The van der Waals surface area contributed by atoms with Crippen molar-refractivity contribution in [2.24, 2.45) is 0 Å². The number of ether oxygens (including phenoxy) is 1. The molecular weight excluding hydrogens is 268 g/mol. The van der Waals surface area contributed by atoms with E-state index in [1.54, 1.807) is 19.2 Å².